The van der Waals surface area contributed by atoms with Crippen molar-refractivity contribution in [2.75, 3.05) is 6.61 Å². The predicted octanol–water partition coefficient (Wildman–Crippen LogP) is 5.66. The van der Waals surface area contributed by atoms with E-state index in [1.807, 2.05) is 25.1 Å². The Morgan fingerprint density at radius 2 is 1.67 bits per heavy atom. The summed E-state index contributed by atoms with van der Waals surface area (Å²) in [6, 6.07) is 12.3. The smallest absolute Gasteiger partial charge is 0.138 e. The van der Waals surface area contributed by atoms with Gasteiger partial charge in [0.05, 0.1) is 11.1 Å². The van der Waals surface area contributed by atoms with E-state index in [1.165, 1.54) is 5.56 Å². The van der Waals surface area contributed by atoms with Crippen molar-refractivity contribution < 1.29 is 4.74 Å². The Morgan fingerprint density at radius 3 is 2.38 bits per heavy atom. The molecular weight excluding hydrogens is 462 g/mol. The first-order chi connectivity index (χ1) is 10.1. The van der Waals surface area contributed by atoms with Crippen molar-refractivity contribution in [3.63, 3.8) is 0 Å². The fraction of sp³-hybridized carbons (Fsp3) is 0.250. The van der Waals surface area contributed by atoms with E-state index >= 15 is 0 Å². The highest BCUT2D eigenvalue weighted by Crippen LogP contribution is 2.33. The lowest BCUT2D eigenvalue weighted by Crippen LogP contribution is -2.14. The zero-order valence-corrected chi connectivity index (χ0v) is 16.4. The van der Waals surface area contributed by atoms with Crippen molar-refractivity contribution in [3.8, 4) is 5.75 Å². The Morgan fingerprint density at radius 1 is 0.952 bits per heavy atom. The molecule has 5 heteroatoms. The molecule has 0 aromatic heterocycles. The second-order valence-electron chi connectivity index (χ2n) is 4.50. The van der Waals surface area contributed by atoms with Crippen LogP contribution in [-0.4, -0.2) is 6.61 Å². The third-order valence-electron chi connectivity index (χ3n) is 2.96. The van der Waals surface area contributed by atoms with E-state index in [0.717, 1.165) is 37.8 Å². The summed E-state index contributed by atoms with van der Waals surface area (Å²) in [5.74, 6) is 0.903. The highest BCUT2D eigenvalue weighted by atomic mass is 79.9. The zero-order valence-electron chi connectivity index (χ0n) is 11.6. The monoisotopic (exact) mass is 475 g/mol. The minimum Gasteiger partial charge on any atom is -0.492 e. The number of hydrogen-bond acceptors (Lipinski definition) is 2. The standard InChI is InChI=1S/C16H16Br3NO/c1-2-21-16-12(7-13(17)8-15(16)19)10-20-9-11-5-3-4-6-14(11)18/h3-8,20H,2,9-10H2,1H3. The molecule has 2 rings (SSSR count). The lowest BCUT2D eigenvalue weighted by atomic mass is 10.2. The molecule has 0 spiro atoms. The van der Waals surface area contributed by atoms with Crippen LogP contribution in [0.4, 0.5) is 0 Å². The lowest BCUT2D eigenvalue weighted by molar-refractivity contribution is 0.333. The molecule has 0 heterocycles. The Bertz CT molecular complexity index is 616. The van der Waals surface area contributed by atoms with Gasteiger partial charge in [-0.2, -0.15) is 0 Å². The van der Waals surface area contributed by atoms with Gasteiger partial charge in [-0.1, -0.05) is 50.1 Å². The molecule has 2 aromatic rings. The summed E-state index contributed by atoms with van der Waals surface area (Å²) in [4.78, 5) is 0. The van der Waals surface area contributed by atoms with Crippen LogP contribution >= 0.6 is 47.8 Å². The molecule has 0 radical (unpaired) electrons. The number of halogens is 3. The maximum atomic E-state index is 5.73. The fourth-order valence-corrected chi connectivity index (χ4v) is 3.88. The van der Waals surface area contributed by atoms with E-state index in [1.54, 1.807) is 0 Å². The minimum absolute atomic E-state index is 0.650. The van der Waals surface area contributed by atoms with Crippen molar-refractivity contribution in [1.29, 1.82) is 0 Å². The third kappa shape index (κ3) is 4.81. The van der Waals surface area contributed by atoms with Gasteiger partial charge in [-0.3, -0.25) is 0 Å². The summed E-state index contributed by atoms with van der Waals surface area (Å²) in [5, 5.41) is 3.46. The molecular formula is C16H16Br3NO. The molecule has 2 aromatic carbocycles. The Hall–Kier alpha value is -0.360. The van der Waals surface area contributed by atoms with Crippen molar-refractivity contribution in [2.45, 2.75) is 20.0 Å². The normalized spacial score (nSPS) is 10.7. The lowest BCUT2D eigenvalue weighted by Gasteiger charge is -2.14. The Labute approximate surface area is 150 Å². The second kappa shape index (κ2) is 8.32. The molecule has 0 atom stereocenters. The zero-order chi connectivity index (χ0) is 15.2. The Balaban J connectivity index is 2.07. The van der Waals surface area contributed by atoms with E-state index in [2.05, 4.69) is 71.3 Å². The summed E-state index contributed by atoms with van der Waals surface area (Å²) in [7, 11) is 0. The molecule has 1 N–H and O–H groups in total. The van der Waals surface area contributed by atoms with Gasteiger partial charge >= 0.3 is 0 Å². The van der Waals surface area contributed by atoms with E-state index in [9.17, 15) is 0 Å². The van der Waals surface area contributed by atoms with Gasteiger partial charge in [0.15, 0.2) is 0 Å². The van der Waals surface area contributed by atoms with Crippen LogP contribution in [0.5, 0.6) is 5.75 Å². The first-order valence-electron chi connectivity index (χ1n) is 6.66. The maximum absolute atomic E-state index is 5.73. The molecule has 0 aliphatic heterocycles. The Kier molecular flexibility index (Phi) is 6.74. The molecule has 0 bridgehead atoms. The SMILES string of the molecule is CCOc1c(Br)cc(Br)cc1CNCc1ccccc1Br. The molecule has 0 aliphatic carbocycles. The number of benzene rings is 2. The van der Waals surface area contributed by atoms with Crippen LogP contribution in [0.3, 0.4) is 0 Å². The molecule has 112 valence electrons. The van der Waals surface area contributed by atoms with E-state index in [4.69, 9.17) is 4.74 Å². The molecule has 0 amide bonds. The summed E-state index contributed by atoms with van der Waals surface area (Å²) < 4.78 is 8.86. The minimum atomic E-state index is 0.650. The van der Waals surface area contributed by atoms with Gasteiger partial charge in [-0.25, -0.2) is 0 Å². The van der Waals surface area contributed by atoms with Crippen LogP contribution in [0.2, 0.25) is 0 Å². The molecule has 0 saturated heterocycles. The van der Waals surface area contributed by atoms with Crippen molar-refractivity contribution >= 4 is 47.8 Å². The van der Waals surface area contributed by atoms with Crippen molar-refractivity contribution in [2.24, 2.45) is 0 Å². The highest BCUT2D eigenvalue weighted by Gasteiger charge is 2.10. The molecule has 0 saturated carbocycles. The van der Waals surface area contributed by atoms with Gasteiger partial charge in [0, 0.05) is 27.6 Å². The third-order valence-corrected chi connectivity index (χ3v) is 4.78. The van der Waals surface area contributed by atoms with E-state index in [0.29, 0.717) is 6.61 Å². The predicted molar refractivity (Wildman–Crippen MR) is 97.7 cm³/mol. The van der Waals surface area contributed by atoms with Crippen LogP contribution in [-0.2, 0) is 13.1 Å². The van der Waals surface area contributed by atoms with Gasteiger partial charge in [-0.05, 0) is 46.6 Å². The van der Waals surface area contributed by atoms with Gasteiger partial charge in [0.1, 0.15) is 5.75 Å². The first-order valence-corrected chi connectivity index (χ1v) is 9.04. The van der Waals surface area contributed by atoms with Crippen LogP contribution in [0.15, 0.2) is 49.8 Å². The topological polar surface area (TPSA) is 21.3 Å². The molecule has 0 unspecified atom stereocenters. The summed E-state index contributed by atoms with van der Waals surface area (Å²) in [5.41, 5.74) is 2.37. The van der Waals surface area contributed by atoms with Crippen LogP contribution < -0.4 is 10.1 Å². The summed E-state index contributed by atoms with van der Waals surface area (Å²) in [6.07, 6.45) is 0. The van der Waals surface area contributed by atoms with Crippen molar-refractivity contribution in [1.82, 2.24) is 5.32 Å². The summed E-state index contributed by atoms with van der Waals surface area (Å²) >= 11 is 10.6. The summed E-state index contributed by atoms with van der Waals surface area (Å²) in [6.45, 7) is 4.19. The fourth-order valence-electron chi connectivity index (χ4n) is 2.02. The molecule has 21 heavy (non-hydrogen) atoms. The quantitative estimate of drug-likeness (QED) is 0.579. The molecule has 2 nitrogen and oxygen atoms in total. The van der Waals surface area contributed by atoms with Gasteiger partial charge in [0.25, 0.3) is 0 Å². The first kappa shape index (κ1) is 17.0. The van der Waals surface area contributed by atoms with Crippen LogP contribution in [0, 0.1) is 0 Å². The number of nitrogens with one attached hydrogen (secondary N) is 1. The van der Waals surface area contributed by atoms with Gasteiger partial charge in [-0.15, -0.1) is 0 Å². The van der Waals surface area contributed by atoms with E-state index in [-0.39, 0.29) is 0 Å². The maximum Gasteiger partial charge on any atom is 0.138 e. The number of hydrogen-bond donors (Lipinski definition) is 1. The van der Waals surface area contributed by atoms with Crippen LogP contribution in [0.25, 0.3) is 0 Å². The molecule has 0 aliphatic rings. The average molecular weight is 478 g/mol. The van der Waals surface area contributed by atoms with Gasteiger partial charge < -0.3 is 10.1 Å². The average Bonchev–Trinajstić information content (AvgIpc) is 2.44. The number of rotatable bonds is 6. The van der Waals surface area contributed by atoms with Crippen LogP contribution in [0.1, 0.15) is 18.1 Å². The van der Waals surface area contributed by atoms with E-state index < -0.39 is 0 Å². The molecule has 0 fully saturated rings. The number of ether oxygens (including phenoxy) is 1. The van der Waals surface area contributed by atoms with Gasteiger partial charge in [0.2, 0.25) is 0 Å². The second-order valence-corrected chi connectivity index (χ2v) is 7.13. The highest BCUT2D eigenvalue weighted by molar-refractivity contribution is 9.11. The van der Waals surface area contributed by atoms with Crippen molar-refractivity contribution in [3.05, 3.63) is 60.9 Å². The largest absolute Gasteiger partial charge is 0.492 e.